The molecule has 0 spiro atoms. The van der Waals surface area contributed by atoms with Crippen LogP contribution in [0.25, 0.3) is 32.8 Å². The zero-order chi connectivity index (χ0) is 13.0. The fourth-order valence-electron chi connectivity index (χ4n) is 2.53. The van der Waals surface area contributed by atoms with Crippen LogP contribution in [-0.4, -0.2) is 10.1 Å². The summed E-state index contributed by atoms with van der Waals surface area (Å²) in [6.45, 7) is 0. The Bertz CT molecular complexity index is 995. The van der Waals surface area contributed by atoms with E-state index in [9.17, 15) is 9.90 Å². The van der Waals surface area contributed by atoms with Crippen molar-refractivity contribution >= 4 is 32.8 Å². The average Bonchev–Trinajstić information content (AvgIpc) is 2.79. The number of H-pyrrole nitrogens is 1. The Morgan fingerprint density at radius 3 is 2.70 bits per heavy atom. The predicted octanol–water partition coefficient (Wildman–Crippen LogP) is 3.77. The molecule has 4 aromatic rings. The molecule has 0 bridgehead atoms. The molecule has 0 unspecified atom stereocenters. The number of aromatic hydroxyl groups is 1. The number of aromatic nitrogens is 1. The van der Waals surface area contributed by atoms with E-state index in [0.29, 0.717) is 11.1 Å². The summed E-state index contributed by atoms with van der Waals surface area (Å²) in [5.41, 5.74) is 1.32. The summed E-state index contributed by atoms with van der Waals surface area (Å²) < 4.78 is 5.24. The third-order valence-corrected chi connectivity index (χ3v) is 3.35. The van der Waals surface area contributed by atoms with Gasteiger partial charge in [-0.25, -0.2) is 4.79 Å². The lowest BCUT2D eigenvalue weighted by molar-refractivity contribution is 0.473. The predicted molar refractivity (Wildman–Crippen MR) is 80.2 cm³/mol. The van der Waals surface area contributed by atoms with Crippen LogP contribution in [0, 0.1) is 0 Å². The van der Waals surface area contributed by atoms with Gasteiger partial charge in [-0.3, -0.25) is 0 Å². The number of hydrogen-bond donors (Lipinski definition) is 2. The summed E-state index contributed by atoms with van der Waals surface area (Å²) in [7, 11) is 0. The molecule has 0 atom stereocenters. The van der Waals surface area contributed by atoms with Gasteiger partial charge in [0.05, 0.1) is 0 Å². The number of nitrogens with one attached hydrogen (secondary N) is 1. The summed E-state index contributed by atoms with van der Waals surface area (Å²) >= 11 is 0. The van der Waals surface area contributed by atoms with Gasteiger partial charge in [0.1, 0.15) is 16.8 Å². The lowest BCUT2D eigenvalue weighted by Gasteiger charge is -1.99. The Morgan fingerprint density at radius 1 is 1.05 bits per heavy atom. The first-order valence-electron chi connectivity index (χ1n) is 5.90. The standard InChI is InChI=1S/C15H9NO3.CH4/c17-8-5-6-10-12(7-8)19-15(18)14-13(10)9-3-1-2-4-11(9)16-14;/h1-7,16-17H;1H4. The third kappa shape index (κ3) is 1.51. The Kier molecular flexibility index (Phi) is 2.54. The number of fused-ring (bicyclic) bond motifs is 5. The van der Waals surface area contributed by atoms with E-state index in [0.717, 1.165) is 21.7 Å². The van der Waals surface area contributed by atoms with Crippen LogP contribution in [0.3, 0.4) is 0 Å². The van der Waals surface area contributed by atoms with Gasteiger partial charge in [0.15, 0.2) is 0 Å². The number of aromatic amines is 1. The average molecular weight is 267 g/mol. The number of para-hydroxylation sites is 1. The van der Waals surface area contributed by atoms with Crippen LogP contribution in [0.4, 0.5) is 0 Å². The highest BCUT2D eigenvalue weighted by molar-refractivity contribution is 6.18. The van der Waals surface area contributed by atoms with Crippen molar-refractivity contribution in [3.63, 3.8) is 0 Å². The van der Waals surface area contributed by atoms with Crippen LogP contribution >= 0.6 is 0 Å². The number of benzene rings is 2. The minimum Gasteiger partial charge on any atom is -0.508 e. The second-order valence-electron chi connectivity index (χ2n) is 4.49. The van der Waals surface area contributed by atoms with Crippen molar-refractivity contribution in [2.75, 3.05) is 0 Å². The molecule has 4 nitrogen and oxygen atoms in total. The van der Waals surface area contributed by atoms with Crippen molar-refractivity contribution in [2.24, 2.45) is 0 Å². The van der Waals surface area contributed by atoms with Gasteiger partial charge in [-0.1, -0.05) is 25.6 Å². The number of phenols is 1. The topological polar surface area (TPSA) is 66.2 Å². The first-order chi connectivity index (χ1) is 9.24. The maximum atomic E-state index is 12.0. The van der Waals surface area contributed by atoms with Crippen molar-refractivity contribution in [1.29, 1.82) is 0 Å². The van der Waals surface area contributed by atoms with Crippen LogP contribution in [0.1, 0.15) is 7.43 Å². The summed E-state index contributed by atoms with van der Waals surface area (Å²) in [4.78, 5) is 15.1. The van der Waals surface area contributed by atoms with Gasteiger partial charge in [0.2, 0.25) is 0 Å². The van der Waals surface area contributed by atoms with Gasteiger partial charge < -0.3 is 14.5 Å². The van der Waals surface area contributed by atoms with E-state index >= 15 is 0 Å². The Hall–Kier alpha value is -2.75. The fourth-order valence-corrected chi connectivity index (χ4v) is 2.53. The van der Waals surface area contributed by atoms with E-state index in [-0.39, 0.29) is 13.2 Å². The first kappa shape index (κ1) is 12.3. The molecule has 0 aliphatic rings. The zero-order valence-electron chi connectivity index (χ0n) is 9.81. The molecule has 2 aromatic heterocycles. The fraction of sp³-hybridized carbons (Fsp3) is 0.0625. The molecule has 0 aliphatic carbocycles. The van der Waals surface area contributed by atoms with E-state index in [1.165, 1.54) is 6.07 Å². The van der Waals surface area contributed by atoms with Gasteiger partial charge >= 0.3 is 5.63 Å². The van der Waals surface area contributed by atoms with Crippen molar-refractivity contribution < 1.29 is 9.52 Å². The van der Waals surface area contributed by atoms with E-state index in [1.54, 1.807) is 12.1 Å². The Labute approximate surface area is 114 Å². The quantitative estimate of drug-likeness (QED) is 0.476. The maximum Gasteiger partial charge on any atom is 0.360 e. The highest BCUT2D eigenvalue weighted by Crippen LogP contribution is 2.31. The Balaban J connectivity index is 0.00000121. The molecule has 4 rings (SSSR count). The van der Waals surface area contributed by atoms with Gasteiger partial charge in [-0.05, 0) is 18.2 Å². The van der Waals surface area contributed by atoms with Crippen LogP contribution < -0.4 is 5.63 Å². The van der Waals surface area contributed by atoms with Gasteiger partial charge in [-0.15, -0.1) is 0 Å². The van der Waals surface area contributed by atoms with E-state index in [4.69, 9.17) is 4.42 Å². The Morgan fingerprint density at radius 2 is 1.85 bits per heavy atom. The highest BCUT2D eigenvalue weighted by atomic mass is 16.4. The largest absolute Gasteiger partial charge is 0.508 e. The lowest BCUT2D eigenvalue weighted by Crippen LogP contribution is -1.98. The molecule has 0 saturated carbocycles. The van der Waals surface area contributed by atoms with Crippen LogP contribution in [-0.2, 0) is 0 Å². The van der Waals surface area contributed by atoms with Gasteiger partial charge in [-0.2, -0.15) is 0 Å². The molecule has 0 radical (unpaired) electrons. The molecule has 0 amide bonds. The third-order valence-electron chi connectivity index (χ3n) is 3.35. The monoisotopic (exact) mass is 267 g/mol. The molecule has 2 heterocycles. The summed E-state index contributed by atoms with van der Waals surface area (Å²) in [6.07, 6.45) is 0. The molecule has 2 N–H and O–H groups in total. The minimum atomic E-state index is -0.427. The summed E-state index contributed by atoms with van der Waals surface area (Å²) in [6, 6.07) is 12.5. The van der Waals surface area contributed by atoms with Crippen LogP contribution in [0.2, 0.25) is 0 Å². The normalized spacial score (nSPS) is 11.0. The first-order valence-corrected chi connectivity index (χ1v) is 5.90. The smallest absolute Gasteiger partial charge is 0.360 e. The summed E-state index contributed by atoms with van der Waals surface area (Å²) in [5, 5.41) is 12.1. The molecular weight excluding hydrogens is 254 g/mol. The SMILES string of the molecule is C.O=c1oc2cc(O)ccc2c2c1[nH]c1ccccc12. The van der Waals surface area contributed by atoms with Crippen molar-refractivity contribution in [1.82, 2.24) is 4.98 Å². The molecule has 100 valence electrons. The second kappa shape index (κ2) is 4.13. The van der Waals surface area contributed by atoms with Crippen molar-refractivity contribution in [2.45, 2.75) is 7.43 Å². The number of rotatable bonds is 0. The van der Waals surface area contributed by atoms with Gasteiger partial charge in [0, 0.05) is 27.7 Å². The zero-order valence-corrected chi connectivity index (χ0v) is 9.81. The van der Waals surface area contributed by atoms with E-state index < -0.39 is 5.63 Å². The molecule has 0 saturated heterocycles. The molecule has 0 fully saturated rings. The van der Waals surface area contributed by atoms with E-state index in [1.807, 2.05) is 24.3 Å². The molecule has 0 aliphatic heterocycles. The lowest BCUT2D eigenvalue weighted by atomic mass is 10.1. The molecular formula is C16H13NO3. The van der Waals surface area contributed by atoms with Crippen molar-refractivity contribution in [3.8, 4) is 5.75 Å². The molecule has 20 heavy (non-hydrogen) atoms. The highest BCUT2D eigenvalue weighted by Gasteiger charge is 2.13. The van der Waals surface area contributed by atoms with Gasteiger partial charge in [0.25, 0.3) is 0 Å². The maximum absolute atomic E-state index is 12.0. The van der Waals surface area contributed by atoms with E-state index in [2.05, 4.69) is 4.98 Å². The second-order valence-corrected chi connectivity index (χ2v) is 4.49. The number of phenolic OH excluding ortho intramolecular Hbond substituents is 1. The van der Waals surface area contributed by atoms with Crippen LogP contribution in [0.5, 0.6) is 5.75 Å². The van der Waals surface area contributed by atoms with Crippen LogP contribution in [0.15, 0.2) is 51.7 Å². The summed E-state index contributed by atoms with van der Waals surface area (Å²) in [5.74, 6) is 0.0786. The molecule has 2 aromatic carbocycles. The number of hydrogen-bond acceptors (Lipinski definition) is 3. The minimum absolute atomic E-state index is 0. The van der Waals surface area contributed by atoms with Crippen molar-refractivity contribution in [3.05, 3.63) is 52.9 Å². The molecule has 4 heteroatoms.